The first kappa shape index (κ1) is 13.4. The predicted molar refractivity (Wildman–Crippen MR) is 75.0 cm³/mol. The lowest BCUT2D eigenvalue weighted by Gasteiger charge is -2.31. The third-order valence-corrected chi connectivity index (χ3v) is 4.18. The van der Waals surface area contributed by atoms with E-state index in [0.717, 1.165) is 24.0 Å². The van der Waals surface area contributed by atoms with E-state index in [2.05, 4.69) is 22.9 Å². The lowest BCUT2D eigenvalue weighted by atomic mass is 9.99. The summed E-state index contributed by atoms with van der Waals surface area (Å²) in [6.07, 6.45) is 2.30. The third kappa shape index (κ3) is 2.69. The zero-order valence-corrected chi connectivity index (χ0v) is 12.4. The molecule has 1 aliphatic heterocycles. The van der Waals surface area contributed by atoms with Crippen LogP contribution in [0.2, 0.25) is 0 Å². The van der Waals surface area contributed by atoms with Crippen LogP contribution in [0.1, 0.15) is 30.1 Å². The van der Waals surface area contributed by atoms with Gasteiger partial charge in [0.1, 0.15) is 5.75 Å². The van der Waals surface area contributed by atoms with Crippen molar-refractivity contribution in [2.24, 2.45) is 5.92 Å². The molecule has 1 atom stereocenters. The fourth-order valence-corrected chi connectivity index (χ4v) is 2.97. The number of methoxy groups -OCH3 is 1. The summed E-state index contributed by atoms with van der Waals surface area (Å²) in [7, 11) is 1.61. The summed E-state index contributed by atoms with van der Waals surface area (Å²) in [6.45, 7) is 3.90. The molecule has 4 heteroatoms. The van der Waals surface area contributed by atoms with E-state index in [1.807, 2.05) is 23.1 Å². The highest BCUT2D eigenvalue weighted by molar-refractivity contribution is 9.10. The summed E-state index contributed by atoms with van der Waals surface area (Å²) in [5.74, 6) is 1.38. The maximum Gasteiger partial charge on any atom is 0.255 e. The Hall–Kier alpha value is -1.03. The van der Waals surface area contributed by atoms with E-state index >= 15 is 0 Å². The number of nitrogens with zero attached hydrogens (tertiary/aromatic N) is 1. The number of amides is 1. The number of carbonyl (C=O) groups is 1. The van der Waals surface area contributed by atoms with Gasteiger partial charge in [0, 0.05) is 13.1 Å². The minimum absolute atomic E-state index is 0.0901. The summed E-state index contributed by atoms with van der Waals surface area (Å²) in [5.41, 5.74) is 0.684. The number of halogens is 1. The van der Waals surface area contributed by atoms with E-state index in [4.69, 9.17) is 4.74 Å². The molecule has 0 bridgehead atoms. The Labute approximate surface area is 116 Å². The van der Waals surface area contributed by atoms with Gasteiger partial charge in [-0.05, 0) is 46.8 Å². The fraction of sp³-hybridized carbons (Fsp3) is 0.500. The highest BCUT2D eigenvalue weighted by Crippen LogP contribution is 2.30. The summed E-state index contributed by atoms with van der Waals surface area (Å²) in [5, 5.41) is 0. The molecular weight excluding hydrogens is 294 g/mol. The molecule has 1 fully saturated rings. The van der Waals surface area contributed by atoms with Gasteiger partial charge in [-0.1, -0.05) is 13.0 Å². The van der Waals surface area contributed by atoms with Gasteiger partial charge >= 0.3 is 0 Å². The molecule has 0 aromatic heterocycles. The molecule has 1 heterocycles. The Morgan fingerprint density at radius 3 is 2.94 bits per heavy atom. The van der Waals surface area contributed by atoms with Crippen molar-refractivity contribution < 1.29 is 9.53 Å². The van der Waals surface area contributed by atoms with Gasteiger partial charge in [-0.2, -0.15) is 0 Å². The molecule has 0 aliphatic carbocycles. The highest BCUT2D eigenvalue weighted by Gasteiger charge is 2.24. The van der Waals surface area contributed by atoms with Crippen LogP contribution in [-0.2, 0) is 0 Å². The Morgan fingerprint density at radius 1 is 1.50 bits per heavy atom. The van der Waals surface area contributed by atoms with E-state index in [0.29, 0.717) is 17.2 Å². The molecule has 1 saturated heterocycles. The summed E-state index contributed by atoms with van der Waals surface area (Å²) < 4.78 is 5.97. The van der Waals surface area contributed by atoms with Crippen molar-refractivity contribution in [2.75, 3.05) is 20.2 Å². The topological polar surface area (TPSA) is 29.5 Å². The molecule has 1 aromatic rings. The zero-order chi connectivity index (χ0) is 13.1. The standard InChI is InChI=1S/C14H18BrNO2/c1-10-5-4-8-16(9-10)14(17)11-6-3-7-12(18-2)13(11)15/h3,6-7,10H,4-5,8-9H2,1-2H3. The second-order valence-electron chi connectivity index (χ2n) is 4.82. The average molecular weight is 312 g/mol. The third-order valence-electron chi connectivity index (χ3n) is 3.36. The molecule has 98 valence electrons. The first-order valence-corrected chi connectivity index (χ1v) is 7.04. The van der Waals surface area contributed by atoms with Gasteiger partial charge in [0.05, 0.1) is 17.1 Å². The molecule has 3 nitrogen and oxygen atoms in total. The number of hydrogen-bond acceptors (Lipinski definition) is 2. The molecular formula is C14H18BrNO2. The van der Waals surface area contributed by atoms with Crippen LogP contribution in [0, 0.1) is 5.92 Å². The van der Waals surface area contributed by atoms with Crippen molar-refractivity contribution in [3.05, 3.63) is 28.2 Å². The smallest absolute Gasteiger partial charge is 0.255 e. The van der Waals surface area contributed by atoms with Gasteiger partial charge in [-0.15, -0.1) is 0 Å². The van der Waals surface area contributed by atoms with Crippen molar-refractivity contribution in [3.8, 4) is 5.75 Å². The monoisotopic (exact) mass is 311 g/mol. The summed E-state index contributed by atoms with van der Waals surface area (Å²) >= 11 is 3.45. The second-order valence-corrected chi connectivity index (χ2v) is 5.61. The average Bonchev–Trinajstić information content (AvgIpc) is 2.38. The van der Waals surface area contributed by atoms with Crippen molar-refractivity contribution in [2.45, 2.75) is 19.8 Å². The Balaban J connectivity index is 2.23. The van der Waals surface area contributed by atoms with Crippen LogP contribution in [0.3, 0.4) is 0 Å². The van der Waals surface area contributed by atoms with E-state index in [-0.39, 0.29) is 5.91 Å². The van der Waals surface area contributed by atoms with Gasteiger partial charge < -0.3 is 9.64 Å². The molecule has 0 spiro atoms. The number of piperidine rings is 1. The van der Waals surface area contributed by atoms with Crippen molar-refractivity contribution in [1.29, 1.82) is 0 Å². The van der Waals surface area contributed by atoms with Crippen molar-refractivity contribution in [3.63, 3.8) is 0 Å². The lowest BCUT2D eigenvalue weighted by Crippen LogP contribution is -2.39. The number of likely N-dealkylation sites (tertiary alicyclic amines) is 1. The SMILES string of the molecule is COc1cccc(C(=O)N2CCCC(C)C2)c1Br. The molecule has 18 heavy (non-hydrogen) atoms. The largest absolute Gasteiger partial charge is 0.496 e. The normalized spacial score (nSPS) is 19.7. The number of ether oxygens (including phenoxy) is 1. The van der Waals surface area contributed by atoms with Crippen LogP contribution in [0.4, 0.5) is 0 Å². The molecule has 2 rings (SSSR count). The quantitative estimate of drug-likeness (QED) is 0.838. The van der Waals surface area contributed by atoms with Crippen LogP contribution in [0.15, 0.2) is 22.7 Å². The number of benzene rings is 1. The van der Waals surface area contributed by atoms with Crippen LogP contribution in [0.5, 0.6) is 5.75 Å². The van der Waals surface area contributed by atoms with Crippen LogP contribution in [0.25, 0.3) is 0 Å². The maximum atomic E-state index is 12.5. The minimum Gasteiger partial charge on any atom is -0.496 e. The summed E-state index contributed by atoms with van der Waals surface area (Å²) in [6, 6.07) is 5.54. The molecule has 1 aromatic carbocycles. The van der Waals surface area contributed by atoms with Crippen molar-refractivity contribution >= 4 is 21.8 Å². The van der Waals surface area contributed by atoms with Gasteiger partial charge in [0.25, 0.3) is 5.91 Å². The highest BCUT2D eigenvalue weighted by atomic mass is 79.9. The predicted octanol–water partition coefficient (Wildman–Crippen LogP) is 3.33. The Kier molecular flexibility index (Phi) is 4.27. The van der Waals surface area contributed by atoms with E-state index < -0.39 is 0 Å². The Morgan fingerprint density at radius 2 is 2.28 bits per heavy atom. The van der Waals surface area contributed by atoms with E-state index in [1.165, 1.54) is 6.42 Å². The maximum absolute atomic E-state index is 12.5. The lowest BCUT2D eigenvalue weighted by molar-refractivity contribution is 0.0681. The van der Waals surface area contributed by atoms with E-state index in [9.17, 15) is 4.79 Å². The van der Waals surface area contributed by atoms with Crippen molar-refractivity contribution in [1.82, 2.24) is 4.90 Å². The Bertz CT molecular complexity index is 447. The minimum atomic E-state index is 0.0901. The molecule has 1 unspecified atom stereocenters. The van der Waals surface area contributed by atoms with Crippen LogP contribution >= 0.6 is 15.9 Å². The molecule has 0 saturated carbocycles. The van der Waals surface area contributed by atoms with Gasteiger partial charge in [0.15, 0.2) is 0 Å². The fourth-order valence-electron chi connectivity index (χ4n) is 2.38. The first-order valence-electron chi connectivity index (χ1n) is 6.25. The molecule has 0 N–H and O–H groups in total. The molecule has 1 amide bonds. The number of rotatable bonds is 2. The van der Waals surface area contributed by atoms with E-state index in [1.54, 1.807) is 7.11 Å². The van der Waals surface area contributed by atoms with Gasteiger partial charge in [-0.25, -0.2) is 0 Å². The first-order chi connectivity index (χ1) is 8.63. The molecule has 1 aliphatic rings. The second kappa shape index (κ2) is 5.74. The van der Waals surface area contributed by atoms with Crippen LogP contribution in [-0.4, -0.2) is 31.0 Å². The number of hydrogen-bond donors (Lipinski definition) is 0. The van der Waals surface area contributed by atoms with Crippen LogP contribution < -0.4 is 4.74 Å². The number of carbonyl (C=O) groups excluding carboxylic acids is 1. The summed E-state index contributed by atoms with van der Waals surface area (Å²) in [4.78, 5) is 14.4. The zero-order valence-electron chi connectivity index (χ0n) is 10.8. The molecule has 0 radical (unpaired) electrons. The van der Waals surface area contributed by atoms with Gasteiger partial charge in [0.2, 0.25) is 0 Å². The van der Waals surface area contributed by atoms with Gasteiger partial charge in [-0.3, -0.25) is 4.79 Å².